The van der Waals surface area contributed by atoms with Gasteiger partial charge in [0.05, 0.1) is 10.6 Å². The highest BCUT2D eigenvalue weighted by Gasteiger charge is 2.18. The molecule has 1 aromatic carbocycles. The molecule has 0 aliphatic rings. The molecule has 110 valence electrons. The van der Waals surface area contributed by atoms with Crippen LogP contribution in [0.25, 0.3) is 0 Å². The first-order valence-electron chi connectivity index (χ1n) is 6.29. The summed E-state index contributed by atoms with van der Waals surface area (Å²) in [7, 11) is 0. The van der Waals surface area contributed by atoms with Gasteiger partial charge in [-0.2, -0.15) is 4.98 Å². The van der Waals surface area contributed by atoms with Crippen molar-refractivity contribution in [1.82, 2.24) is 9.97 Å². The van der Waals surface area contributed by atoms with Crippen LogP contribution in [-0.4, -0.2) is 21.4 Å². The van der Waals surface area contributed by atoms with Gasteiger partial charge in [0.1, 0.15) is 6.20 Å². The predicted molar refractivity (Wildman–Crippen MR) is 85.0 cm³/mol. The number of anilines is 3. The van der Waals surface area contributed by atoms with Crippen LogP contribution in [0.3, 0.4) is 0 Å². The summed E-state index contributed by atoms with van der Waals surface area (Å²) in [6.45, 7) is 4.47. The molecule has 2 aromatic rings. The van der Waals surface area contributed by atoms with Gasteiger partial charge in [-0.05, 0) is 47.5 Å². The first kappa shape index (κ1) is 15.2. The minimum atomic E-state index is -0.512. The summed E-state index contributed by atoms with van der Waals surface area (Å²) in [5.74, 6) is 0.492. The van der Waals surface area contributed by atoms with Crippen molar-refractivity contribution in [3.8, 4) is 0 Å². The first-order valence-corrected chi connectivity index (χ1v) is 7.09. The smallest absolute Gasteiger partial charge is 0.329 e. The Balaban J connectivity index is 2.43. The summed E-state index contributed by atoms with van der Waals surface area (Å²) in [4.78, 5) is 18.6. The zero-order valence-electron chi connectivity index (χ0n) is 11.6. The van der Waals surface area contributed by atoms with Crippen LogP contribution in [0.5, 0.6) is 0 Å². The Hall–Kier alpha value is -2.22. The molecule has 0 radical (unpaired) electrons. The van der Waals surface area contributed by atoms with Crippen LogP contribution in [0.15, 0.2) is 28.9 Å². The van der Waals surface area contributed by atoms with Crippen molar-refractivity contribution in [3.63, 3.8) is 0 Å². The normalized spacial score (nSPS) is 10.2. The van der Waals surface area contributed by atoms with Crippen molar-refractivity contribution in [3.05, 3.63) is 44.5 Å². The van der Waals surface area contributed by atoms with E-state index in [1.54, 1.807) is 0 Å². The topological polar surface area (TPSA) is 93.0 Å². The van der Waals surface area contributed by atoms with E-state index in [1.807, 2.05) is 32.0 Å². The van der Waals surface area contributed by atoms with E-state index in [1.165, 1.54) is 6.20 Å². The maximum absolute atomic E-state index is 11.1. The van der Waals surface area contributed by atoms with Crippen LogP contribution in [0.2, 0.25) is 0 Å². The SMILES string of the molecule is CCNc1ncc([N+](=O)[O-])c(Nc2cc(C)ccc2Br)n1. The van der Waals surface area contributed by atoms with E-state index >= 15 is 0 Å². The Labute approximate surface area is 130 Å². The molecular formula is C13H14BrN5O2. The standard InChI is InChI=1S/C13H14BrN5O2/c1-3-15-13-16-7-11(19(20)21)12(18-13)17-10-6-8(2)4-5-9(10)14/h4-7H,3H2,1-2H3,(H2,15,16,17,18). The first-order chi connectivity index (χ1) is 10.0. The maximum Gasteiger partial charge on any atom is 0.329 e. The Morgan fingerprint density at radius 2 is 2.19 bits per heavy atom. The lowest BCUT2D eigenvalue weighted by Gasteiger charge is -2.10. The largest absolute Gasteiger partial charge is 0.354 e. The highest BCUT2D eigenvalue weighted by Crippen LogP contribution is 2.30. The zero-order chi connectivity index (χ0) is 15.4. The van der Waals surface area contributed by atoms with Gasteiger partial charge in [-0.3, -0.25) is 10.1 Å². The van der Waals surface area contributed by atoms with Gasteiger partial charge >= 0.3 is 5.69 Å². The molecule has 0 unspecified atom stereocenters. The molecule has 8 heteroatoms. The second kappa shape index (κ2) is 6.49. The molecule has 0 saturated carbocycles. The fraction of sp³-hybridized carbons (Fsp3) is 0.231. The van der Waals surface area contributed by atoms with Gasteiger partial charge in [-0.1, -0.05) is 6.07 Å². The number of aromatic nitrogens is 2. The van der Waals surface area contributed by atoms with Gasteiger partial charge in [0, 0.05) is 11.0 Å². The average molecular weight is 352 g/mol. The van der Waals surface area contributed by atoms with Crippen LogP contribution in [0, 0.1) is 17.0 Å². The van der Waals surface area contributed by atoms with E-state index in [4.69, 9.17) is 0 Å². The molecule has 0 amide bonds. The summed E-state index contributed by atoms with van der Waals surface area (Å²) in [5.41, 5.74) is 1.56. The fourth-order valence-electron chi connectivity index (χ4n) is 1.71. The van der Waals surface area contributed by atoms with Crippen molar-refractivity contribution in [2.24, 2.45) is 0 Å². The minimum absolute atomic E-state index is 0.150. The summed E-state index contributed by atoms with van der Waals surface area (Å²) in [6.07, 6.45) is 1.19. The van der Waals surface area contributed by atoms with Crippen LogP contribution in [-0.2, 0) is 0 Å². The highest BCUT2D eigenvalue weighted by molar-refractivity contribution is 9.10. The van der Waals surface area contributed by atoms with Crippen molar-refractivity contribution < 1.29 is 4.92 Å². The van der Waals surface area contributed by atoms with Crippen LogP contribution < -0.4 is 10.6 Å². The maximum atomic E-state index is 11.1. The number of nitrogens with zero attached hydrogens (tertiary/aromatic N) is 3. The van der Waals surface area contributed by atoms with E-state index in [-0.39, 0.29) is 11.5 Å². The lowest BCUT2D eigenvalue weighted by atomic mass is 10.2. The van der Waals surface area contributed by atoms with Crippen molar-refractivity contribution >= 4 is 39.1 Å². The number of hydrogen-bond acceptors (Lipinski definition) is 6. The van der Waals surface area contributed by atoms with Crippen molar-refractivity contribution in [2.45, 2.75) is 13.8 Å². The van der Waals surface area contributed by atoms with E-state index in [0.717, 1.165) is 10.0 Å². The lowest BCUT2D eigenvalue weighted by Crippen LogP contribution is -2.07. The van der Waals surface area contributed by atoms with E-state index < -0.39 is 4.92 Å². The van der Waals surface area contributed by atoms with Gasteiger partial charge in [-0.15, -0.1) is 0 Å². The van der Waals surface area contributed by atoms with Crippen LogP contribution in [0.1, 0.15) is 12.5 Å². The Morgan fingerprint density at radius 1 is 1.43 bits per heavy atom. The summed E-state index contributed by atoms with van der Waals surface area (Å²) in [6, 6.07) is 5.69. The summed E-state index contributed by atoms with van der Waals surface area (Å²) < 4.78 is 0.797. The molecule has 0 saturated heterocycles. The third-order valence-corrected chi connectivity index (χ3v) is 3.37. The summed E-state index contributed by atoms with van der Waals surface area (Å²) in [5, 5.41) is 17.0. The summed E-state index contributed by atoms with van der Waals surface area (Å²) >= 11 is 3.41. The number of aryl methyl sites for hydroxylation is 1. The lowest BCUT2D eigenvalue weighted by molar-refractivity contribution is -0.384. The molecule has 0 atom stereocenters. The minimum Gasteiger partial charge on any atom is -0.354 e. The van der Waals surface area contributed by atoms with Gasteiger partial charge in [0.2, 0.25) is 11.8 Å². The van der Waals surface area contributed by atoms with Crippen LogP contribution >= 0.6 is 15.9 Å². The molecule has 0 aliphatic carbocycles. The molecule has 2 rings (SSSR count). The average Bonchev–Trinajstić information content (AvgIpc) is 2.43. The highest BCUT2D eigenvalue weighted by atomic mass is 79.9. The molecule has 0 fully saturated rings. The molecule has 7 nitrogen and oxygen atoms in total. The molecule has 0 aliphatic heterocycles. The molecule has 0 bridgehead atoms. The Morgan fingerprint density at radius 3 is 2.86 bits per heavy atom. The van der Waals surface area contributed by atoms with Crippen molar-refractivity contribution in [2.75, 3.05) is 17.2 Å². The van der Waals surface area contributed by atoms with Crippen LogP contribution in [0.4, 0.5) is 23.1 Å². The van der Waals surface area contributed by atoms with E-state index in [9.17, 15) is 10.1 Å². The molecule has 1 heterocycles. The number of hydrogen-bond donors (Lipinski definition) is 2. The number of rotatable bonds is 5. The van der Waals surface area contributed by atoms with E-state index in [2.05, 4.69) is 36.5 Å². The molecule has 21 heavy (non-hydrogen) atoms. The number of benzene rings is 1. The molecular weight excluding hydrogens is 338 g/mol. The fourth-order valence-corrected chi connectivity index (χ4v) is 2.05. The van der Waals surface area contributed by atoms with Gasteiger partial charge < -0.3 is 10.6 Å². The monoisotopic (exact) mass is 351 g/mol. The number of halogens is 1. The second-order valence-electron chi connectivity index (χ2n) is 4.32. The van der Waals surface area contributed by atoms with E-state index in [0.29, 0.717) is 18.2 Å². The molecule has 2 N–H and O–H groups in total. The third-order valence-electron chi connectivity index (χ3n) is 2.68. The van der Waals surface area contributed by atoms with Gasteiger partial charge in [0.25, 0.3) is 0 Å². The molecule has 0 spiro atoms. The second-order valence-corrected chi connectivity index (χ2v) is 5.18. The quantitative estimate of drug-likeness (QED) is 0.631. The van der Waals surface area contributed by atoms with Crippen molar-refractivity contribution in [1.29, 1.82) is 0 Å². The van der Waals surface area contributed by atoms with Gasteiger partial charge in [-0.25, -0.2) is 4.98 Å². The predicted octanol–water partition coefficient (Wildman–Crippen LogP) is 3.63. The van der Waals surface area contributed by atoms with Gasteiger partial charge in [0.15, 0.2) is 0 Å². The third kappa shape index (κ3) is 3.66. The Bertz CT molecular complexity index is 678. The Kier molecular flexibility index (Phi) is 4.69. The number of nitrogens with one attached hydrogen (secondary N) is 2. The number of nitro groups is 1. The zero-order valence-corrected chi connectivity index (χ0v) is 13.1. The molecule has 1 aromatic heterocycles.